The van der Waals surface area contributed by atoms with Gasteiger partial charge >= 0.3 is 0 Å². The number of carbonyl (C=O) groups excluding carboxylic acids is 1. The van der Waals surface area contributed by atoms with E-state index in [4.69, 9.17) is 9.53 Å². The van der Waals surface area contributed by atoms with Crippen LogP contribution in [-0.4, -0.2) is 6.79 Å². The molecule has 2 bridgehead atoms. The van der Waals surface area contributed by atoms with Crippen LogP contribution in [0, 0.1) is 0 Å². The number of benzene rings is 1. The van der Waals surface area contributed by atoms with Crippen LogP contribution in [0.15, 0.2) is 24.3 Å². The van der Waals surface area contributed by atoms with Gasteiger partial charge in [0, 0.05) is 6.07 Å². The molecule has 0 saturated carbocycles. The van der Waals surface area contributed by atoms with Crippen molar-refractivity contribution in [2.24, 2.45) is 0 Å². The molecule has 2 heterocycles. The summed E-state index contributed by atoms with van der Waals surface area (Å²) in [5, 5.41) is 0. The van der Waals surface area contributed by atoms with E-state index < -0.39 is 0 Å². The second-order valence-electron chi connectivity index (χ2n) is 1.58. The molecular formula is C7H6O2. The predicted octanol–water partition coefficient (Wildman–Crippen LogP) is 1.61. The SMILES string of the molecule is C=O.c1cc2cc(c1)O2. The van der Waals surface area contributed by atoms with Crippen LogP contribution in [0.25, 0.3) is 0 Å². The molecule has 0 fully saturated rings. The third-order valence-electron chi connectivity index (χ3n) is 1.04. The van der Waals surface area contributed by atoms with Gasteiger partial charge in [0.2, 0.25) is 0 Å². The molecule has 0 spiro atoms. The molecule has 0 unspecified atom stereocenters. The second-order valence-corrected chi connectivity index (χ2v) is 1.58. The number of carbonyl (C=O) groups is 1. The molecule has 0 radical (unpaired) electrons. The maximum absolute atomic E-state index is 8.00. The molecule has 0 atom stereocenters. The van der Waals surface area contributed by atoms with Gasteiger partial charge in [-0.2, -0.15) is 0 Å². The lowest BCUT2D eigenvalue weighted by Crippen LogP contribution is -1.91. The first-order valence-corrected chi connectivity index (χ1v) is 2.52. The Labute approximate surface area is 53.1 Å². The Morgan fingerprint density at radius 2 is 1.67 bits per heavy atom. The van der Waals surface area contributed by atoms with Crippen LogP contribution in [0.4, 0.5) is 0 Å². The topological polar surface area (TPSA) is 26.3 Å². The van der Waals surface area contributed by atoms with Crippen molar-refractivity contribution in [2.45, 2.75) is 0 Å². The molecule has 0 aromatic heterocycles. The van der Waals surface area contributed by atoms with E-state index in [0.717, 1.165) is 11.5 Å². The van der Waals surface area contributed by atoms with Crippen molar-refractivity contribution in [1.82, 2.24) is 0 Å². The molecule has 2 aliphatic rings. The number of hydrogen-bond donors (Lipinski definition) is 0. The smallest absolute Gasteiger partial charge is 0.131 e. The van der Waals surface area contributed by atoms with Crippen LogP contribution in [0.2, 0.25) is 0 Å². The van der Waals surface area contributed by atoms with Gasteiger partial charge in [-0.05, 0) is 12.1 Å². The Kier molecular flexibility index (Phi) is 1.49. The summed E-state index contributed by atoms with van der Waals surface area (Å²) in [6.45, 7) is 2.00. The lowest BCUT2D eigenvalue weighted by Gasteiger charge is -2.13. The van der Waals surface area contributed by atoms with E-state index >= 15 is 0 Å². The number of hydrogen-bond acceptors (Lipinski definition) is 2. The van der Waals surface area contributed by atoms with Crippen molar-refractivity contribution >= 4 is 6.79 Å². The van der Waals surface area contributed by atoms with Crippen molar-refractivity contribution in [2.75, 3.05) is 0 Å². The largest absolute Gasteiger partial charge is 0.457 e. The van der Waals surface area contributed by atoms with E-state index in [2.05, 4.69) is 0 Å². The first-order valence-electron chi connectivity index (χ1n) is 2.52. The summed E-state index contributed by atoms with van der Waals surface area (Å²) in [5.74, 6) is 1.97. The summed E-state index contributed by atoms with van der Waals surface area (Å²) < 4.78 is 5.01. The molecule has 2 aliphatic heterocycles. The minimum atomic E-state index is 0.984. The third kappa shape index (κ3) is 0.914. The summed E-state index contributed by atoms with van der Waals surface area (Å²) in [4.78, 5) is 8.00. The Balaban J connectivity index is 0.000000186. The molecule has 0 amide bonds. The normalized spacial score (nSPS) is 9.78. The van der Waals surface area contributed by atoms with Crippen molar-refractivity contribution in [3.8, 4) is 11.5 Å². The van der Waals surface area contributed by atoms with Gasteiger partial charge in [-0.1, -0.05) is 6.07 Å². The van der Waals surface area contributed by atoms with E-state index in [1.165, 1.54) is 0 Å². The van der Waals surface area contributed by atoms with E-state index in [1.54, 1.807) is 0 Å². The summed E-state index contributed by atoms with van der Waals surface area (Å²) >= 11 is 0. The highest BCUT2D eigenvalue weighted by Gasteiger charge is 2.05. The van der Waals surface area contributed by atoms with E-state index in [-0.39, 0.29) is 0 Å². The molecular weight excluding hydrogens is 116 g/mol. The standard InChI is InChI=1S/C6H4O.CH2O/c1-2-5-4-6(3-1)7-5;1-2/h1-4H;1H2. The molecule has 46 valence electrons. The highest BCUT2D eigenvalue weighted by molar-refractivity contribution is 5.43. The van der Waals surface area contributed by atoms with Crippen LogP contribution in [-0.2, 0) is 4.79 Å². The lowest BCUT2D eigenvalue weighted by atomic mass is 10.2. The fourth-order valence-electron chi connectivity index (χ4n) is 0.679. The molecule has 0 saturated heterocycles. The third-order valence-corrected chi connectivity index (χ3v) is 1.04. The summed E-state index contributed by atoms with van der Waals surface area (Å²) in [6, 6.07) is 7.86. The molecule has 1 aromatic rings. The Morgan fingerprint density at radius 3 is 1.78 bits per heavy atom. The van der Waals surface area contributed by atoms with Gasteiger partial charge in [0.15, 0.2) is 0 Å². The average Bonchev–Trinajstić information content (AvgIpc) is 1.93. The van der Waals surface area contributed by atoms with Crippen LogP contribution in [0.5, 0.6) is 11.5 Å². The van der Waals surface area contributed by atoms with E-state index in [1.807, 2.05) is 31.1 Å². The zero-order valence-electron chi connectivity index (χ0n) is 4.83. The minimum absolute atomic E-state index is 0.984. The first kappa shape index (κ1) is 5.82. The second kappa shape index (κ2) is 2.31. The molecule has 0 N–H and O–H groups in total. The van der Waals surface area contributed by atoms with Crippen molar-refractivity contribution in [3.63, 3.8) is 0 Å². The van der Waals surface area contributed by atoms with Crippen LogP contribution in [0.1, 0.15) is 0 Å². The average molecular weight is 122 g/mol. The fraction of sp³-hybridized carbons (Fsp3) is 0. The number of fused-ring (bicyclic) bond motifs is 2. The molecule has 9 heavy (non-hydrogen) atoms. The van der Waals surface area contributed by atoms with Gasteiger partial charge in [-0.25, -0.2) is 0 Å². The minimum Gasteiger partial charge on any atom is -0.457 e. The molecule has 2 nitrogen and oxygen atoms in total. The Morgan fingerprint density at radius 1 is 1.22 bits per heavy atom. The van der Waals surface area contributed by atoms with E-state index in [0.29, 0.717) is 0 Å². The van der Waals surface area contributed by atoms with Gasteiger partial charge in [0.25, 0.3) is 0 Å². The number of rotatable bonds is 0. The predicted molar refractivity (Wildman–Crippen MR) is 33.6 cm³/mol. The maximum Gasteiger partial charge on any atom is 0.131 e. The quantitative estimate of drug-likeness (QED) is 0.530. The molecule has 0 aliphatic carbocycles. The van der Waals surface area contributed by atoms with Gasteiger partial charge in [0.05, 0.1) is 0 Å². The highest BCUT2D eigenvalue weighted by Crippen LogP contribution is 2.32. The van der Waals surface area contributed by atoms with Gasteiger partial charge in [-0.3, -0.25) is 0 Å². The summed E-state index contributed by atoms with van der Waals surface area (Å²) in [6.07, 6.45) is 0. The van der Waals surface area contributed by atoms with Gasteiger partial charge in [0.1, 0.15) is 18.3 Å². The van der Waals surface area contributed by atoms with Crippen molar-refractivity contribution in [1.29, 1.82) is 0 Å². The lowest BCUT2D eigenvalue weighted by molar-refractivity contribution is -0.0979. The summed E-state index contributed by atoms with van der Waals surface area (Å²) in [5.41, 5.74) is 0. The number of ether oxygens (including phenoxy) is 1. The van der Waals surface area contributed by atoms with Gasteiger partial charge < -0.3 is 9.53 Å². The van der Waals surface area contributed by atoms with E-state index in [9.17, 15) is 0 Å². The van der Waals surface area contributed by atoms with Crippen molar-refractivity contribution in [3.05, 3.63) is 24.3 Å². The van der Waals surface area contributed by atoms with Crippen LogP contribution < -0.4 is 4.74 Å². The zero-order chi connectivity index (χ0) is 6.69. The molecule has 3 rings (SSSR count). The van der Waals surface area contributed by atoms with Gasteiger partial charge in [-0.15, -0.1) is 0 Å². The monoisotopic (exact) mass is 122 g/mol. The first-order chi connectivity index (χ1) is 4.45. The van der Waals surface area contributed by atoms with Crippen molar-refractivity contribution < 1.29 is 9.53 Å². The Hall–Kier alpha value is -1.31. The highest BCUT2D eigenvalue weighted by atomic mass is 16.5. The molecule has 2 heteroatoms. The maximum atomic E-state index is 8.00. The fourth-order valence-corrected chi connectivity index (χ4v) is 0.679. The summed E-state index contributed by atoms with van der Waals surface area (Å²) in [7, 11) is 0. The van der Waals surface area contributed by atoms with Crippen LogP contribution >= 0.6 is 0 Å². The Bertz CT molecular complexity index is 183. The van der Waals surface area contributed by atoms with Crippen LogP contribution in [0.3, 0.4) is 0 Å². The zero-order valence-corrected chi connectivity index (χ0v) is 4.83. The molecule has 1 aromatic carbocycles.